The van der Waals surface area contributed by atoms with Crippen LogP contribution in [0.25, 0.3) is 0 Å². The summed E-state index contributed by atoms with van der Waals surface area (Å²) >= 11 is 0. The van der Waals surface area contributed by atoms with Crippen molar-refractivity contribution in [1.29, 1.82) is 0 Å². The minimum Gasteiger partial charge on any atom is -0.379 e. The van der Waals surface area contributed by atoms with Crippen LogP contribution < -0.4 is 0 Å². The van der Waals surface area contributed by atoms with Crippen molar-refractivity contribution in [3.8, 4) is 0 Å². The van der Waals surface area contributed by atoms with E-state index in [0.717, 1.165) is 37.8 Å². The number of hydrogen-bond acceptors (Lipinski definition) is 3. The summed E-state index contributed by atoms with van der Waals surface area (Å²) in [5, 5.41) is 0. The smallest absolute Gasteiger partial charge is 0.157 e. The van der Waals surface area contributed by atoms with Gasteiger partial charge in [0.2, 0.25) is 0 Å². The van der Waals surface area contributed by atoms with Crippen LogP contribution in [0.4, 0.5) is 0 Å². The average molecular weight is 209 g/mol. The molecule has 0 N–H and O–H groups in total. The maximum Gasteiger partial charge on any atom is 0.157 e. The Morgan fingerprint density at radius 2 is 2.27 bits per heavy atom. The van der Waals surface area contributed by atoms with Crippen LogP contribution in [0, 0.1) is 5.92 Å². The molecule has 0 radical (unpaired) electrons. The van der Waals surface area contributed by atoms with Crippen molar-refractivity contribution in [3.63, 3.8) is 0 Å². The van der Waals surface area contributed by atoms with Crippen LogP contribution in [0.2, 0.25) is 0 Å². The summed E-state index contributed by atoms with van der Waals surface area (Å²) in [5.41, 5.74) is 1.16. The normalized spacial score (nSPS) is 20.6. The van der Waals surface area contributed by atoms with E-state index in [2.05, 4.69) is 4.90 Å². The molecule has 0 bridgehead atoms. The molecule has 2 rings (SSSR count). The highest BCUT2D eigenvalue weighted by Gasteiger charge is 2.21. The Hall–Kier alpha value is -0.830. The lowest BCUT2D eigenvalue weighted by atomic mass is 10.3. The molecule has 2 aliphatic carbocycles. The van der Waals surface area contributed by atoms with Gasteiger partial charge in [-0.25, -0.2) is 0 Å². The van der Waals surface area contributed by atoms with E-state index in [1.54, 1.807) is 6.08 Å². The molecule has 0 unspecified atom stereocenters. The fourth-order valence-corrected chi connectivity index (χ4v) is 1.76. The molecule has 0 aromatic carbocycles. The summed E-state index contributed by atoms with van der Waals surface area (Å²) in [6.07, 6.45) is 6.03. The van der Waals surface area contributed by atoms with E-state index in [1.165, 1.54) is 12.8 Å². The van der Waals surface area contributed by atoms with E-state index >= 15 is 0 Å². The van der Waals surface area contributed by atoms with Gasteiger partial charge in [-0.2, -0.15) is 0 Å². The highest BCUT2D eigenvalue weighted by atomic mass is 16.5. The van der Waals surface area contributed by atoms with E-state index in [-0.39, 0.29) is 5.78 Å². The van der Waals surface area contributed by atoms with Crippen LogP contribution in [0.5, 0.6) is 0 Å². The van der Waals surface area contributed by atoms with Crippen LogP contribution in [0.1, 0.15) is 25.7 Å². The molecule has 0 spiro atoms. The molecule has 84 valence electrons. The Labute approximate surface area is 91.1 Å². The zero-order chi connectivity index (χ0) is 10.7. The molecule has 0 atom stereocenters. The molecule has 0 aromatic rings. The van der Waals surface area contributed by atoms with E-state index < -0.39 is 0 Å². The first kappa shape index (κ1) is 10.7. The highest BCUT2D eigenvalue weighted by Crippen LogP contribution is 2.28. The number of ether oxygens (including phenoxy) is 1. The quantitative estimate of drug-likeness (QED) is 0.622. The van der Waals surface area contributed by atoms with Gasteiger partial charge in [-0.1, -0.05) is 0 Å². The molecule has 0 amide bonds. The Bertz CT molecular complexity index is 269. The standard InChI is InChI=1S/C12H19NO2/c1-13(11-4-5-12(14)8-11)6-7-15-9-10-2-3-10/h8,10H,2-7,9H2,1H3. The molecular weight excluding hydrogens is 190 g/mol. The molecule has 3 heteroatoms. The first-order valence-electron chi connectivity index (χ1n) is 5.78. The zero-order valence-electron chi connectivity index (χ0n) is 9.37. The summed E-state index contributed by atoms with van der Waals surface area (Å²) in [5.74, 6) is 1.10. The van der Waals surface area contributed by atoms with Crippen molar-refractivity contribution in [3.05, 3.63) is 11.8 Å². The number of nitrogens with zero attached hydrogens (tertiary/aromatic N) is 1. The topological polar surface area (TPSA) is 29.5 Å². The van der Waals surface area contributed by atoms with Gasteiger partial charge in [0.25, 0.3) is 0 Å². The molecule has 0 aromatic heterocycles. The van der Waals surface area contributed by atoms with Crippen molar-refractivity contribution in [1.82, 2.24) is 4.90 Å². The van der Waals surface area contributed by atoms with Crippen molar-refractivity contribution in [2.45, 2.75) is 25.7 Å². The molecule has 1 fully saturated rings. The minimum absolute atomic E-state index is 0.260. The number of rotatable bonds is 6. The molecule has 15 heavy (non-hydrogen) atoms. The third-order valence-electron chi connectivity index (χ3n) is 3.07. The maximum absolute atomic E-state index is 11.1. The van der Waals surface area contributed by atoms with Crippen molar-refractivity contribution in [2.24, 2.45) is 5.92 Å². The zero-order valence-corrected chi connectivity index (χ0v) is 9.37. The van der Waals surface area contributed by atoms with E-state index in [0.29, 0.717) is 6.42 Å². The molecule has 0 heterocycles. The van der Waals surface area contributed by atoms with E-state index in [9.17, 15) is 4.79 Å². The molecule has 0 saturated heterocycles. The number of carbonyl (C=O) groups excluding carboxylic acids is 1. The summed E-state index contributed by atoms with van der Waals surface area (Å²) in [4.78, 5) is 13.2. The first-order valence-corrected chi connectivity index (χ1v) is 5.78. The number of hydrogen-bond donors (Lipinski definition) is 0. The molecule has 0 aliphatic heterocycles. The summed E-state index contributed by atoms with van der Waals surface area (Å²) in [6.45, 7) is 2.59. The second-order valence-corrected chi connectivity index (χ2v) is 4.54. The van der Waals surface area contributed by atoms with Crippen LogP contribution in [-0.2, 0) is 9.53 Å². The van der Waals surface area contributed by atoms with Gasteiger partial charge >= 0.3 is 0 Å². The SMILES string of the molecule is CN(CCOCC1CC1)C1=CC(=O)CC1. The van der Waals surface area contributed by atoms with Gasteiger partial charge < -0.3 is 9.64 Å². The van der Waals surface area contributed by atoms with Crippen molar-refractivity contribution < 1.29 is 9.53 Å². The van der Waals surface area contributed by atoms with Gasteiger partial charge in [-0.15, -0.1) is 0 Å². The van der Waals surface area contributed by atoms with Crippen LogP contribution >= 0.6 is 0 Å². The summed E-state index contributed by atoms with van der Waals surface area (Å²) < 4.78 is 5.56. The fourth-order valence-electron chi connectivity index (χ4n) is 1.76. The second-order valence-electron chi connectivity index (χ2n) is 4.54. The monoisotopic (exact) mass is 209 g/mol. The first-order chi connectivity index (χ1) is 7.25. The lowest BCUT2D eigenvalue weighted by Gasteiger charge is -2.19. The summed E-state index contributed by atoms with van der Waals surface area (Å²) in [7, 11) is 2.03. The van der Waals surface area contributed by atoms with Gasteiger partial charge in [0.1, 0.15) is 0 Å². The van der Waals surface area contributed by atoms with Gasteiger partial charge in [0, 0.05) is 38.4 Å². The highest BCUT2D eigenvalue weighted by molar-refractivity contribution is 5.92. The number of ketones is 1. The van der Waals surface area contributed by atoms with Gasteiger partial charge in [0.15, 0.2) is 5.78 Å². The third-order valence-corrected chi connectivity index (χ3v) is 3.07. The predicted octanol–water partition coefficient (Wildman–Crippen LogP) is 1.59. The predicted molar refractivity (Wildman–Crippen MR) is 58.5 cm³/mol. The van der Waals surface area contributed by atoms with Crippen LogP contribution in [0.15, 0.2) is 11.8 Å². The van der Waals surface area contributed by atoms with Crippen LogP contribution in [-0.4, -0.2) is 37.5 Å². The minimum atomic E-state index is 0.260. The number of carbonyl (C=O) groups is 1. The van der Waals surface area contributed by atoms with Gasteiger partial charge in [-0.3, -0.25) is 4.79 Å². The Kier molecular flexibility index (Phi) is 3.41. The second kappa shape index (κ2) is 4.79. The molecule has 3 nitrogen and oxygen atoms in total. The van der Waals surface area contributed by atoms with Gasteiger partial charge in [0.05, 0.1) is 6.61 Å². The summed E-state index contributed by atoms with van der Waals surface area (Å²) in [6, 6.07) is 0. The number of likely N-dealkylation sites (N-methyl/N-ethyl adjacent to an activating group) is 1. The van der Waals surface area contributed by atoms with E-state index in [4.69, 9.17) is 4.74 Å². The third kappa shape index (κ3) is 3.34. The lowest BCUT2D eigenvalue weighted by molar-refractivity contribution is -0.114. The average Bonchev–Trinajstić information content (AvgIpc) is 2.94. The van der Waals surface area contributed by atoms with Gasteiger partial charge in [-0.05, 0) is 25.2 Å². The largest absolute Gasteiger partial charge is 0.379 e. The Balaban J connectivity index is 1.61. The Morgan fingerprint density at radius 1 is 1.47 bits per heavy atom. The van der Waals surface area contributed by atoms with Crippen molar-refractivity contribution in [2.75, 3.05) is 26.8 Å². The molecule has 2 aliphatic rings. The lowest BCUT2D eigenvalue weighted by Crippen LogP contribution is -2.22. The Morgan fingerprint density at radius 3 is 2.87 bits per heavy atom. The van der Waals surface area contributed by atoms with Crippen molar-refractivity contribution >= 4 is 5.78 Å². The molecular formula is C12H19NO2. The maximum atomic E-state index is 11.1. The van der Waals surface area contributed by atoms with E-state index in [1.807, 2.05) is 7.05 Å². The fraction of sp³-hybridized carbons (Fsp3) is 0.750. The van der Waals surface area contributed by atoms with Crippen LogP contribution in [0.3, 0.4) is 0 Å². The number of allylic oxidation sites excluding steroid dienone is 2. The molecule has 1 saturated carbocycles.